The van der Waals surface area contributed by atoms with Gasteiger partial charge in [-0.15, -0.1) is 12.8 Å². The second-order valence-electron chi connectivity index (χ2n) is 14.3. The molecule has 1 aliphatic rings. The second-order valence-corrected chi connectivity index (χ2v) is 14.3. The van der Waals surface area contributed by atoms with Gasteiger partial charge in [-0.2, -0.15) is 0 Å². The van der Waals surface area contributed by atoms with Crippen molar-refractivity contribution in [3.63, 3.8) is 0 Å². The summed E-state index contributed by atoms with van der Waals surface area (Å²) in [6, 6.07) is 70.6. The monoisotopic (exact) mass is 736 g/mol. The molecule has 9 rings (SSSR count). The van der Waals surface area contributed by atoms with Gasteiger partial charge in [0.25, 0.3) is 0 Å². The molecule has 0 fully saturated rings. The Morgan fingerprint density at radius 2 is 0.517 bits per heavy atom. The van der Waals surface area contributed by atoms with Crippen LogP contribution < -0.4 is 0 Å². The van der Waals surface area contributed by atoms with Gasteiger partial charge in [0.2, 0.25) is 0 Å². The maximum atomic E-state index is 15.6. The minimum atomic E-state index is -0.0651. The van der Waals surface area contributed by atoms with Crippen molar-refractivity contribution in [2.75, 3.05) is 0 Å². The van der Waals surface area contributed by atoms with Crippen molar-refractivity contribution in [2.24, 2.45) is 0 Å². The van der Waals surface area contributed by atoms with E-state index in [9.17, 15) is 0 Å². The molecule has 0 unspecified atom stereocenters. The minimum absolute atomic E-state index is 0.0651. The number of carbonyl (C=O) groups is 1. The van der Waals surface area contributed by atoms with Gasteiger partial charge in [0.15, 0.2) is 5.78 Å². The summed E-state index contributed by atoms with van der Waals surface area (Å²) in [5.74, 6) is 5.43. The second kappa shape index (κ2) is 15.6. The van der Waals surface area contributed by atoms with Crippen LogP contribution in [-0.4, -0.2) is 5.78 Å². The highest BCUT2D eigenvalue weighted by Gasteiger charge is 2.36. The third-order valence-electron chi connectivity index (χ3n) is 10.8. The number of ketones is 1. The lowest BCUT2D eigenvalue weighted by atomic mass is 9.84. The highest BCUT2D eigenvalue weighted by atomic mass is 16.1. The van der Waals surface area contributed by atoms with Crippen molar-refractivity contribution in [3.05, 3.63) is 240 Å². The van der Waals surface area contributed by atoms with E-state index in [4.69, 9.17) is 12.8 Å². The number of hydrogen-bond acceptors (Lipinski definition) is 1. The van der Waals surface area contributed by atoms with Crippen LogP contribution in [0.1, 0.15) is 33.4 Å². The smallest absolute Gasteiger partial charge is 0.195 e. The van der Waals surface area contributed by atoms with Crippen LogP contribution in [0.3, 0.4) is 0 Å². The van der Waals surface area contributed by atoms with Gasteiger partial charge in [-0.3, -0.25) is 4.79 Å². The molecule has 0 bridgehead atoms. The zero-order chi connectivity index (χ0) is 39.4. The molecule has 0 aliphatic heterocycles. The van der Waals surface area contributed by atoms with Crippen LogP contribution in [0.25, 0.3) is 66.8 Å². The van der Waals surface area contributed by atoms with E-state index in [1.165, 1.54) is 0 Å². The Bertz CT molecular complexity index is 2630. The zero-order valence-electron chi connectivity index (χ0n) is 31.7. The molecule has 8 aromatic rings. The third-order valence-corrected chi connectivity index (χ3v) is 10.8. The van der Waals surface area contributed by atoms with Crippen molar-refractivity contribution in [1.29, 1.82) is 0 Å². The molecule has 0 radical (unpaired) electrons. The third kappa shape index (κ3) is 6.91. The Kier molecular flexibility index (Phi) is 9.63. The molecular formula is C57H36O. The van der Waals surface area contributed by atoms with Crippen LogP contribution in [0, 0.1) is 24.7 Å². The Hall–Kier alpha value is -7.97. The maximum Gasteiger partial charge on any atom is 0.195 e. The van der Waals surface area contributed by atoms with Crippen molar-refractivity contribution >= 4 is 28.1 Å². The molecule has 0 atom stereocenters. The van der Waals surface area contributed by atoms with E-state index in [0.29, 0.717) is 11.1 Å². The fourth-order valence-corrected chi connectivity index (χ4v) is 7.93. The highest BCUT2D eigenvalue weighted by molar-refractivity contribution is 6.59. The van der Waals surface area contributed by atoms with E-state index in [2.05, 4.69) is 145 Å². The summed E-state index contributed by atoms with van der Waals surface area (Å²) in [7, 11) is 0. The molecule has 0 amide bonds. The van der Waals surface area contributed by atoms with Crippen molar-refractivity contribution in [1.82, 2.24) is 0 Å². The molecule has 0 N–H and O–H groups in total. The summed E-state index contributed by atoms with van der Waals surface area (Å²) in [4.78, 5) is 15.6. The maximum absolute atomic E-state index is 15.6. The van der Waals surface area contributed by atoms with Crippen LogP contribution in [-0.2, 0) is 4.79 Å². The van der Waals surface area contributed by atoms with Gasteiger partial charge in [0.05, 0.1) is 0 Å². The fourth-order valence-electron chi connectivity index (χ4n) is 7.93. The Labute approximate surface area is 340 Å². The summed E-state index contributed by atoms with van der Waals surface area (Å²) < 4.78 is 0. The lowest BCUT2D eigenvalue weighted by Crippen LogP contribution is -2.02. The van der Waals surface area contributed by atoms with E-state index < -0.39 is 0 Å². The molecule has 1 nitrogen and oxygen atoms in total. The normalized spacial score (nSPS) is 12.3. The van der Waals surface area contributed by atoms with Crippen molar-refractivity contribution in [2.45, 2.75) is 0 Å². The van der Waals surface area contributed by atoms with Gasteiger partial charge >= 0.3 is 0 Å². The van der Waals surface area contributed by atoms with Gasteiger partial charge < -0.3 is 0 Å². The summed E-state index contributed by atoms with van der Waals surface area (Å²) >= 11 is 0. The molecule has 0 heterocycles. The molecule has 0 spiro atoms. The predicted molar refractivity (Wildman–Crippen MR) is 242 cm³/mol. The number of benzene rings is 8. The van der Waals surface area contributed by atoms with Crippen molar-refractivity contribution < 1.29 is 4.79 Å². The van der Waals surface area contributed by atoms with Crippen LogP contribution in [0.15, 0.2) is 206 Å². The molecule has 1 aliphatic carbocycles. The molecule has 1 heteroatoms. The van der Waals surface area contributed by atoms with Crippen LogP contribution in [0.2, 0.25) is 0 Å². The topological polar surface area (TPSA) is 17.1 Å². The number of terminal acetylenes is 2. The van der Waals surface area contributed by atoms with Gasteiger partial charge in [-0.1, -0.05) is 157 Å². The average Bonchev–Trinajstić information content (AvgIpc) is 3.62. The highest BCUT2D eigenvalue weighted by Crippen LogP contribution is 2.52. The van der Waals surface area contributed by atoms with E-state index in [0.717, 1.165) is 89.0 Å². The molecule has 0 aromatic heterocycles. The van der Waals surface area contributed by atoms with Crippen LogP contribution in [0.5, 0.6) is 0 Å². The first-order valence-corrected chi connectivity index (χ1v) is 19.3. The van der Waals surface area contributed by atoms with E-state index in [1.54, 1.807) is 0 Å². The standard InChI is InChI=1S/C57H36O/c1-3-39-25-29-45(30-26-39)55-53(51-35-47(41-17-9-5-10-18-41)33-48(36-51)42-19-11-6-12-20-42)54(56(57(55)58)46-31-27-40(4-2)28-32-46)52-37-49(43-21-13-7-14-22-43)34-50(38-52)44-23-15-8-16-24-44/h1-2,5-38H. The van der Waals surface area contributed by atoms with Gasteiger partial charge in [0.1, 0.15) is 0 Å². The van der Waals surface area contributed by atoms with E-state index in [-0.39, 0.29) is 5.78 Å². The lowest BCUT2D eigenvalue weighted by Gasteiger charge is -2.19. The Morgan fingerprint density at radius 1 is 0.259 bits per heavy atom. The summed E-state index contributed by atoms with van der Waals surface area (Å²) in [6.07, 6.45) is 11.7. The first-order chi connectivity index (χ1) is 28.6. The quantitative estimate of drug-likeness (QED) is 0.142. The summed E-state index contributed by atoms with van der Waals surface area (Å²) in [5.41, 5.74) is 16.4. The minimum Gasteiger partial charge on any atom is -0.289 e. The van der Waals surface area contributed by atoms with Crippen LogP contribution >= 0.6 is 0 Å². The number of rotatable bonds is 8. The lowest BCUT2D eigenvalue weighted by molar-refractivity contribution is -0.108. The summed E-state index contributed by atoms with van der Waals surface area (Å²) in [6.45, 7) is 0. The number of Topliss-reactive ketones (excluding diaryl/α,β-unsaturated/α-hetero) is 1. The van der Waals surface area contributed by atoms with Crippen LogP contribution in [0.4, 0.5) is 0 Å². The molecular weight excluding hydrogens is 701 g/mol. The zero-order valence-corrected chi connectivity index (χ0v) is 31.7. The number of carbonyl (C=O) groups excluding carboxylic acids is 1. The number of allylic oxidation sites excluding steroid dienone is 4. The SMILES string of the molecule is C#Cc1ccc(C2=C(c3cc(-c4ccccc4)cc(-c4ccccc4)c3)C(c3cc(-c4ccccc4)cc(-c4ccccc4)c3)=C(c3ccc(C#C)cc3)C2=O)cc1. The molecule has 0 saturated carbocycles. The first kappa shape index (κ1) is 35.7. The fraction of sp³-hybridized carbons (Fsp3) is 0. The first-order valence-electron chi connectivity index (χ1n) is 19.3. The Morgan fingerprint density at radius 3 is 0.776 bits per heavy atom. The van der Waals surface area contributed by atoms with Gasteiger partial charge in [0, 0.05) is 33.4 Å². The predicted octanol–water partition coefficient (Wildman–Crippen LogP) is 13.4. The molecule has 58 heavy (non-hydrogen) atoms. The van der Waals surface area contributed by atoms with Gasteiger partial charge in [-0.25, -0.2) is 0 Å². The summed E-state index contributed by atoms with van der Waals surface area (Å²) in [5, 5.41) is 0. The van der Waals surface area contributed by atoms with E-state index >= 15 is 4.79 Å². The van der Waals surface area contributed by atoms with Gasteiger partial charge in [-0.05, 0) is 127 Å². The van der Waals surface area contributed by atoms with E-state index in [1.807, 2.05) is 72.8 Å². The largest absolute Gasteiger partial charge is 0.289 e. The molecule has 270 valence electrons. The average molecular weight is 737 g/mol. The number of hydrogen-bond donors (Lipinski definition) is 0. The molecule has 8 aromatic carbocycles. The van der Waals surface area contributed by atoms with Crippen molar-refractivity contribution in [3.8, 4) is 69.2 Å². The Balaban J connectivity index is 1.42. The molecule has 0 saturated heterocycles.